The molecule has 1 N–H and O–H groups in total. The number of pyridine rings is 1. The van der Waals surface area contributed by atoms with Crippen LogP contribution in [0.1, 0.15) is 42.6 Å². The maximum Gasteiger partial charge on any atom is 0.270 e. The second-order valence-electron chi connectivity index (χ2n) is 6.39. The smallest absolute Gasteiger partial charge is 0.270 e. The molecular formula is C19H22N4O. The topological polar surface area (TPSA) is 59.8 Å². The van der Waals surface area contributed by atoms with E-state index in [1.54, 1.807) is 18.3 Å². The van der Waals surface area contributed by atoms with Gasteiger partial charge in [-0.25, -0.2) is 4.98 Å². The van der Waals surface area contributed by atoms with Gasteiger partial charge in [-0.15, -0.1) is 0 Å². The molecule has 0 spiro atoms. The van der Waals surface area contributed by atoms with E-state index in [9.17, 15) is 4.79 Å². The molecular weight excluding hydrogens is 300 g/mol. The van der Waals surface area contributed by atoms with Crippen LogP contribution in [0.2, 0.25) is 0 Å². The molecule has 0 fully saturated rings. The SMILES string of the molecule is CC(C)C[C@@H](NC(=O)c1ccccn1)c1nc2ccccc2n1C. The highest BCUT2D eigenvalue weighted by molar-refractivity contribution is 5.92. The molecule has 0 aliphatic carbocycles. The summed E-state index contributed by atoms with van der Waals surface area (Å²) in [5, 5.41) is 3.10. The Morgan fingerprint density at radius 1 is 1.17 bits per heavy atom. The molecule has 0 unspecified atom stereocenters. The van der Waals surface area contributed by atoms with Crippen LogP contribution in [0.4, 0.5) is 0 Å². The normalized spacial score (nSPS) is 12.5. The number of nitrogens with one attached hydrogen (secondary N) is 1. The Hall–Kier alpha value is -2.69. The molecule has 0 saturated heterocycles. The van der Waals surface area contributed by atoms with Crippen LogP contribution in [0.3, 0.4) is 0 Å². The summed E-state index contributed by atoms with van der Waals surface area (Å²) in [7, 11) is 1.99. The number of nitrogens with zero attached hydrogens (tertiary/aromatic N) is 3. The summed E-state index contributed by atoms with van der Waals surface area (Å²) >= 11 is 0. The van der Waals surface area contributed by atoms with Crippen molar-refractivity contribution in [1.82, 2.24) is 19.9 Å². The molecule has 3 aromatic rings. The predicted molar refractivity (Wildman–Crippen MR) is 94.6 cm³/mol. The monoisotopic (exact) mass is 322 g/mol. The number of benzene rings is 1. The van der Waals surface area contributed by atoms with Crippen molar-refractivity contribution in [2.75, 3.05) is 0 Å². The fourth-order valence-corrected chi connectivity index (χ4v) is 2.91. The van der Waals surface area contributed by atoms with Gasteiger partial charge in [-0.05, 0) is 36.6 Å². The number of rotatable bonds is 5. The van der Waals surface area contributed by atoms with Crippen LogP contribution in [-0.2, 0) is 7.05 Å². The first kappa shape index (κ1) is 16.2. The second-order valence-corrected chi connectivity index (χ2v) is 6.39. The second kappa shape index (κ2) is 6.83. The summed E-state index contributed by atoms with van der Waals surface area (Å²) in [6.07, 6.45) is 2.44. The van der Waals surface area contributed by atoms with Crippen LogP contribution >= 0.6 is 0 Å². The van der Waals surface area contributed by atoms with Gasteiger partial charge < -0.3 is 9.88 Å². The van der Waals surface area contributed by atoms with E-state index in [0.717, 1.165) is 23.3 Å². The van der Waals surface area contributed by atoms with Crippen LogP contribution in [0.25, 0.3) is 11.0 Å². The number of hydrogen-bond acceptors (Lipinski definition) is 3. The summed E-state index contributed by atoms with van der Waals surface area (Å²) in [6.45, 7) is 4.28. The van der Waals surface area contributed by atoms with E-state index in [0.29, 0.717) is 11.6 Å². The Morgan fingerprint density at radius 3 is 2.58 bits per heavy atom. The molecule has 24 heavy (non-hydrogen) atoms. The molecule has 1 atom stereocenters. The Morgan fingerprint density at radius 2 is 1.92 bits per heavy atom. The quantitative estimate of drug-likeness (QED) is 0.782. The fourth-order valence-electron chi connectivity index (χ4n) is 2.91. The zero-order chi connectivity index (χ0) is 17.1. The Balaban J connectivity index is 1.93. The van der Waals surface area contributed by atoms with E-state index in [2.05, 4.69) is 28.7 Å². The van der Waals surface area contributed by atoms with Gasteiger partial charge in [-0.1, -0.05) is 32.0 Å². The van der Waals surface area contributed by atoms with Gasteiger partial charge in [0.2, 0.25) is 0 Å². The number of amides is 1. The number of aromatic nitrogens is 3. The summed E-state index contributed by atoms with van der Waals surface area (Å²) < 4.78 is 2.06. The minimum absolute atomic E-state index is 0.156. The first-order valence-electron chi connectivity index (χ1n) is 8.19. The average Bonchev–Trinajstić information content (AvgIpc) is 2.92. The molecule has 5 heteroatoms. The molecule has 0 aliphatic rings. The first-order valence-corrected chi connectivity index (χ1v) is 8.19. The van der Waals surface area contributed by atoms with Gasteiger partial charge in [0, 0.05) is 13.2 Å². The third-order valence-corrected chi connectivity index (χ3v) is 4.04. The number of hydrogen-bond donors (Lipinski definition) is 1. The van der Waals surface area contributed by atoms with Crippen LogP contribution in [0.15, 0.2) is 48.7 Å². The van der Waals surface area contributed by atoms with Gasteiger partial charge >= 0.3 is 0 Å². The van der Waals surface area contributed by atoms with Gasteiger partial charge in [0.25, 0.3) is 5.91 Å². The zero-order valence-electron chi connectivity index (χ0n) is 14.2. The lowest BCUT2D eigenvalue weighted by Crippen LogP contribution is -2.31. The standard InChI is InChI=1S/C19H22N4O/c1-13(2)12-16(22-19(24)15-9-6-7-11-20-15)18-21-14-8-4-5-10-17(14)23(18)3/h4-11,13,16H,12H2,1-3H3,(H,22,24)/t16-/m1/s1. The maximum absolute atomic E-state index is 12.5. The minimum Gasteiger partial charge on any atom is -0.341 e. The lowest BCUT2D eigenvalue weighted by molar-refractivity contribution is 0.0924. The van der Waals surface area contributed by atoms with E-state index >= 15 is 0 Å². The third-order valence-electron chi connectivity index (χ3n) is 4.04. The number of carbonyl (C=O) groups is 1. The molecule has 124 valence electrons. The molecule has 3 rings (SSSR count). The van der Waals surface area contributed by atoms with Crippen molar-refractivity contribution in [2.24, 2.45) is 13.0 Å². The highest BCUT2D eigenvalue weighted by atomic mass is 16.1. The van der Waals surface area contributed by atoms with Gasteiger partial charge in [0.15, 0.2) is 0 Å². The maximum atomic E-state index is 12.5. The Labute approximate surface area is 141 Å². The van der Waals surface area contributed by atoms with E-state index in [-0.39, 0.29) is 11.9 Å². The lowest BCUT2D eigenvalue weighted by atomic mass is 10.0. The summed E-state index contributed by atoms with van der Waals surface area (Å²) in [6, 6.07) is 13.2. The molecule has 0 aliphatic heterocycles. The number of fused-ring (bicyclic) bond motifs is 1. The van der Waals surface area contributed by atoms with Crippen molar-refractivity contribution < 1.29 is 4.79 Å². The summed E-state index contributed by atoms with van der Waals surface area (Å²) in [4.78, 5) is 21.4. The van der Waals surface area contributed by atoms with E-state index in [1.807, 2.05) is 37.4 Å². The van der Waals surface area contributed by atoms with Crippen molar-refractivity contribution in [3.63, 3.8) is 0 Å². The first-order chi connectivity index (χ1) is 11.6. The van der Waals surface area contributed by atoms with Crippen molar-refractivity contribution >= 4 is 16.9 Å². The molecule has 1 amide bonds. The number of imidazole rings is 1. The zero-order valence-corrected chi connectivity index (χ0v) is 14.2. The van der Waals surface area contributed by atoms with Crippen LogP contribution in [-0.4, -0.2) is 20.4 Å². The molecule has 5 nitrogen and oxygen atoms in total. The van der Waals surface area contributed by atoms with Gasteiger partial charge in [0.05, 0.1) is 17.1 Å². The number of carbonyl (C=O) groups excluding carboxylic acids is 1. The van der Waals surface area contributed by atoms with Crippen LogP contribution < -0.4 is 5.32 Å². The highest BCUT2D eigenvalue weighted by Crippen LogP contribution is 2.24. The highest BCUT2D eigenvalue weighted by Gasteiger charge is 2.22. The van der Waals surface area contributed by atoms with E-state index < -0.39 is 0 Å². The third kappa shape index (κ3) is 3.30. The minimum atomic E-state index is -0.173. The van der Waals surface area contributed by atoms with Crippen LogP contribution in [0, 0.1) is 5.92 Å². The lowest BCUT2D eigenvalue weighted by Gasteiger charge is -2.20. The van der Waals surface area contributed by atoms with Crippen molar-refractivity contribution in [2.45, 2.75) is 26.3 Å². The predicted octanol–water partition coefficient (Wildman–Crippen LogP) is 3.49. The van der Waals surface area contributed by atoms with E-state index in [1.165, 1.54) is 0 Å². The molecule has 0 radical (unpaired) electrons. The Bertz CT molecular complexity index is 839. The van der Waals surface area contributed by atoms with Crippen molar-refractivity contribution in [3.8, 4) is 0 Å². The van der Waals surface area contributed by atoms with Gasteiger partial charge in [-0.2, -0.15) is 0 Å². The van der Waals surface area contributed by atoms with Gasteiger partial charge in [-0.3, -0.25) is 9.78 Å². The number of para-hydroxylation sites is 2. The molecule has 2 heterocycles. The average molecular weight is 322 g/mol. The van der Waals surface area contributed by atoms with Gasteiger partial charge in [0.1, 0.15) is 11.5 Å². The van der Waals surface area contributed by atoms with Crippen molar-refractivity contribution in [3.05, 3.63) is 60.2 Å². The molecule has 0 saturated carbocycles. The molecule has 0 bridgehead atoms. The Kier molecular flexibility index (Phi) is 4.60. The molecule has 2 aromatic heterocycles. The summed E-state index contributed by atoms with van der Waals surface area (Å²) in [5.74, 6) is 1.13. The fraction of sp³-hybridized carbons (Fsp3) is 0.316. The van der Waals surface area contributed by atoms with Crippen molar-refractivity contribution in [1.29, 1.82) is 0 Å². The van der Waals surface area contributed by atoms with E-state index in [4.69, 9.17) is 4.98 Å². The summed E-state index contributed by atoms with van der Waals surface area (Å²) in [5.41, 5.74) is 2.43. The van der Waals surface area contributed by atoms with Crippen LogP contribution in [0.5, 0.6) is 0 Å². The number of aryl methyl sites for hydroxylation is 1. The molecule has 1 aromatic carbocycles. The largest absolute Gasteiger partial charge is 0.341 e.